The topological polar surface area (TPSA) is 55.1 Å². The van der Waals surface area contributed by atoms with Crippen molar-refractivity contribution in [2.24, 2.45) is 0 Å². The Balaban J connectivity index is 2.63. The molecule has 0 unspecified atom stereocenters. The number of halogens is 1. The Morgan fingerprint density at radius 2 is 2.36 bits per heavy atom. The van der Waals surface area contributed by atoms with E-state index in [9.17, 15) is 4.39 Å². The summed E-state index contributed by atoms with van der Waals surface area (Å²) in [6.45, 7) is 0.741. The first kappa shape index (κ1) is 10.4. The van der Waals surface area contributed by atoms with Crippen LogP contribution in [-0.2, 0) is 4.74 Å². The fraction of sp³-hybridized carbons (Fsp3) is 0.333. The summed E-state index contributed by atoms with van der Waals surface area (Å²) < 4.78 is 22.8. The summed E-state index contributed by atoms with van der Waals surface area (Å²) in [4.78, 5) is 3.57. The van der Waals surface area contributed by atoms with Crippen LogP contribution >= 0.6 is 0 Å². The molecule has 0 saturated carbocycles. The summed E-state index contributed by atoms with van der Waals surface area (Å²) in [5.74, 6) is -0.388. The molecule has 0 aromatic carbocycles. The number of hydrogen-bond acceptors (Lipinski definition) is 4. The number of aromatic nitrogens is 1. The van der Waals surface area contributed by atoms with Gasteiger partial charge in [-0.05, 0) is 0 Å². The second-order valence-electron chi connectivity index (χ2n) is 2.45. The zero-order valence-electron chi connectivity index (χ0n) is 7.66. The van der Waals surface area contributed by atoms with Gasteiger partial charge in [-0.15, -0.1) is 0 Å². The Labute approximate surface area is 80.9 Å². The predicted octanol–water partition coefficient (Wildman–Crippen LogP) is 1.12. The molecule has 1 rings (SSSR count). The van der Waals surface area contributed by atoms with Gasteiger partial charge in [0.2, 0.25) is 0 Å². The van der Waals surface area contributed by atoms with E-state index in [1.54, 1.807) is 13.2 Å². The zero-order chi connectivity index (χ0) is 10.4. The van der Waals surface area contributed by atoms with Crippen LogP contribution in [0.25, 0.3) is 0 Å². The molecule has 1 aromatic rings. The lowest BCUT2D eigenvalue weighted by atomic mass is 10.3. The van der Waals surface area contributed by atoms with Crippen molar-refractivity contribution >= 4 is 0 Å². The Hall–Kier alpha value is -1.67. The summed E-state index contributed by atoms with van der Waals surface area (Å²) in [6, 6.07) is 2.75. The molecule has 1 aromatic heterocycles. The maximum Gasteiger partial charge on any atom is 0.176 e. The Kier molecular flexibility index (Phi) is 3.83. The maximum atomic E-state index is 13.0. The molecule has 5 heteroatoms. The van der Waals surface area contributed by atoms with Crippen molar-refractivity contribution in [2.75, 3.05) is 20.3 Å². The highest BCUT2D eigenvalue weighted by Crippen LogP contribution is 2.12. The Morgan fingerprint density at radius 1 is 1.57 bits per heavy atom. The van der Waals surface area contributed by atoms with Crippen LogP contribution in [0, 0.1) is 17.1 Å². The van der Waals surface area contributed by atoms with Crippen LogP contribution in [0.4, 0.5) is 4.39 Å². The molecule has 1 heterocycles. The normalized spacial score (nSPS) is 9.50. The summed E-state index contributed by atoms with van der Waals surface area (Å²) in [6.07, 6.45) is 1.30. The average Bonchev–Trinajstić information content (AvgIpc) is 2.18. The third-order valence-corrected chi connectivity index (χ3v) is 1.48. The average molecular weight is 196 g/mol. The summed E-state index contributed by atoms with van der Waals surface area (Å²) in [5.41, 5.74) is -0.232. The fourth-order valence-electron chi connectivity index (χ4n) is 0.824. The molecular formula is C9H9FN2O2. The molecule has 0 bridgehead atoms. The lowest BCUT2D eigenvalue weighted by Gasteiger charge is -2.04. The molecule has 0 aliphatic heterocycles. The van der Waals surface area contributed by atoms with Crippen LogP contribution in [-0.4, -0.2) is 25.3 Å². The van der Waals surface area contributed by atoms with Crippen molar-refractivity contribution in [2.45, 2.75) is 0 Å². The van der Waals surface area contributed by atoms with Crippen LogP contribution < -0.4 is 4.74 Å². The molecule has 74 valence electrons. The number of rotatable bonds is 4. The molecule has 0 fully saturated rings. The number of nitriles is 1. The van der Waals surface area contributed by atoms with E-state index in [-0.39, 0.29) is 5.69 Å². The number of pyridine rings is 1. The van der Waals surface area contributed by atoms with E-state index >= 15 is 0 Å². The van der Waals surface area contributed by atoms with Gasteiger partial charge in [0, 0.05) is 13.2 Å². The lowest BCUT2D eigenvalue weighted by Crippen LogP contribution is -2.05. The first-order valence-corrected chi connectivity index (χ1v) is 3.95. The molecule has 0 atom stereocenters. The second kappa shape index (κ2) is 5.14. The van der Waals surface area contributed by atoms with Gasteiger partial charge in [-0.2, -0.15) is 5.26 Å². The second-order valence-corrected chi connectivity index (χ2v) is 2.45. The largest absolute Gasteiger partial charge is 0.489 e. The minimum atomic E-state index is -0.678. The van der Waals surface area contributed by atoms with Crippen molar-refractivity contribution in [3.05, 3.63) is 23.8 Å². The molecule has 0 aliphatic carbocycles. The lowest BCUT2D eigenvalue weighted by molar-refractivity contribution is 0.146. The third kappa shape index (κ3) is 2.68. The van der Waals surface area contributed by atoms with Crippen molar-refractivity contribution < 1.29 is 13.9 Å². The zero-order valence-corrected chi connectivity index (χ0v) is 7.66. The summed E-state index contributed by atoms with van der Waals surface area (Å²) in [5, 5.41) is 8.41. The van der Waals surface area contributed by atoms with Crippen LogP contribution in [0.1, 0.15) is 5.69 Å². The highest BCUT2D eigenvalue weighted by atomic mass is 19.1. The molecular weight excluding hydrogens is 187 g/mol. The van der Waals surface area contributed by atoms with E-state index in [2.05, 4.69) is 4.98 Å². The maximum absolute atomic E-state index is 13.0. The van der Waals surface area contributed by atoms with Gasteiger partial charge in [-0.25, -0.2) is 9.37 Å². The third-order valence-electron chi connectivity index (χ3n) is 1.48. The number of ether oxygens (including phenoxy) is 2. The van der Waals surface area contributed by atoms with Gasteiger partial charge in [0.05, 0.1) is 12.8 Å². The molecule has 14 heavy (non-hydrogen) atoms. The van der Waals surface area contributed by atoms with Crippen molar-refractivity contribution in [1.82, 2.24) is 4.98 Å². The van der Waals surface area contributed by atoms with Gasteiger partial charge in [-0.1, -0.05) is 0 Å². The molecule has 0 radical (unpaired) electrons. The van der Waals surface area contributed by atoms with Gasteiger partial charge < -0.3 is 9.47 Å². The van der Waals surface area contributed by atoms with E-state index < -0.39 is 5.82 Å². The highest BCUT2D eigenvalue weighted by molar-refractivity contribution is 5.28. The first-order chi connectivity index (χ1) is 6.77. The molecule has 0 spiro atoms. The Morgan fingerprint density at radius 3 is 2.93 bits per heavy atom. The van der Waals surface area contributed by atoms with Gasteiger partial charge in [0.25, 0.3) is 0 Å². The number of nitrogens with zero attached hydrogens (tertiary/aromatic N) is 2. The van der Waals surface area contributed by atoms with E-state index in [1.807, 2.05) is 0 Å². The van der Waals surface area contributed by atoms with Gasteiger partial charge in [0.1, 0.15) is 18.4 Å². The van der Waals surface area contributed by atoms with Gasteiger partial charge >= 0.3 is 0 Å². The van der Waals surface area contributed by atoms with E-state index in [0.717, 1.165) is 6.07 Å². The van der Waals surface area contributed by atoms with Crippen molar-refractivity contribution in [1.29, 1.82) is 5.26 Å². The molecule has 4 nitrogen and oxygen atoms in total. The standard InChI is InChI=1S/C9H9FN2O2/c1-13-2-3-14-7-4-8(10)9(5-11)12-6-7/h4,6H,2-3H2,1H3. The van der Waals surface area contributed by atoms with E-state index in [4.69, 9.17) is 14.7 Å². The van der Waals surface area contributed by atoms with E-state index in [1.165, 1.54) is 6.20 Å². The van der Waals surface area contributed by atoms with Crippen LogP contribution in [0.3, 0.4) is 0 Å². The van der Waals surface area contributed by atoms with Gasteiger partial charge in [0.15, 0.2) is 11.5 Å². The summed E-state index contributed by atoms with van der Waals surface area (Å²) in [7, 11) is 1.54. The number of methoxy groups -OCH3 is 1. The molecule has 0 amide bonds. The first-order valence-electron chi connectivity index (χ1n) is 3.95. The van der Waals surface area contributed by atoms with E-state index in [0.29, 0.717) is 19.0 Å². The Bertz CT molecular complexity index is 349. The monoisotopic (exact) mass is 196 g/mol. The quantitative estimate of drug-likeness (QED) is 0.677. The van der Waals surface area contributed by atoms with Crippen LogP contribution in [0.15, 0.2) is 12.3 Å². The molecule has 0 saturated heterocycles. The minimum absolute atomic E-state index is 0.232. The highest BCUT2D eigenvalue weighted by Gasteiger charge is 2.04. The van der Waals surface area contributed by atoms with Gasteiger partial charge in [-0.3, -0.25) is 0 Å². The molecule has 0 N–H and O–H groups in total. The number of hydrogen-bond donors (Lipinski definition) is 0. The smallest absolute Gasteiger partial charge is 0.176 e. The van der Waals surface area contributed by atoms with Crippen LogP contribution in [0.5, 0.6) is 5.75 Å². The van der Waals surface area contributed by atoms with Crippen molar-refractivity contribution in [3.63, 3.8) is 0 Å². The minimum Gasteiger partial charge on any atom is -0.489 e. The predicted molar refractivity (Wildman–Crippen MR) is 46.3 cm³/mol. The fourth-order valence-corrected chi connectivity index (χ4v) is 0.824. The summed E-state index contributed by atoms with van der Waals surface area (Å²) >= 11 is 0. The van der Waals surface area contributed by atoms with Crippen LogP contribution in [0.2, 0.25) is 0 Å². The van der Waals surface area contributed by atoms with Crippen molar-refractivity contribution in [3.8, 4) is 11.8 Å². The SMILES string of the molecule is COCCOc1cnc(C#N)c(F)c1. The molecule has 0 aliphatic rings.